The van der Waals surface area contributed by atoms with Crippen LogP contribution in [0.5, 0.6) is 11.5 Å². The minimum atomic E-state index is -0.0828. The molecule has 42 heavy (non-hydrogen) atoms. The number of alkyl halides is 1. The number of unbranched alkanes of at least 4 members (excludes halogenated alkanes) is 3. The van der Waals surface area contributed by atoms with Gasteiger partial charge in [0.15, 0.2) is 0 Å². The van der Waals surface area contributed by atoms with Crippen molar-refractivity contribution < 1.29 is 45.4 Å². The smallest absolute Gasteiger partial charge is 0.519 e. The molecule has 0 bridgehead atoms. The predicted molar refractivity (Wildman–Crippen MR) is 174 cm³/mol. The van der Waals surface area contributed by atoms with Gasteiger partial charge in [0.1, 0.15) is 5.75 Å². The molecular weight excluding hydrogens is 770 g/mol. The Balaban J connectivity index is 0.00000151. The number of carbonyl (C=O) groups is 1. The van der Waals surface area contributed by atoms with E-state index in [9.17, 15) is 4.79 Å². The van der Waals surface area contributed by atoms with Crippen LogP contribution in [0.3, 0.4) is 0 Å². The Morgan fingerprint density at radius 1 is 1.17 bits per heavy atom. The number of nitrogens with one attached hydrogen (secondary N) is 1. The van der Waals surface area contributed by atoms with Gasteiger partial charge in [-0.15, -0.1) is 29.1 Å². The summed E-state index contributed by atoms with van der Waals surface area (Å²) in [5.74, 6) is 1.89. The van der Waals surface area contributed by atoms with Gasteiger partial charge in [0.2, 0.25) is 0 Å². The Morgan fingerprint density at radius 2 is 1.93 bits per heavy atom. The first-order valence-corrected chi connectivity index (χ1v) is 15.2. The van der Waals surface area contributed by atoms with Crippen LogP contribution in [0.4, 0.5) is 5.69 Å². The Labute approximate surface area is 281 Å². The molecule has 1 aliphatic rings. The fourth-order valence-corrected chi connectivity index (χ4v) is 5.71. The maximum Gasteiger partial charge on any atom is 2.00 e. The quantitative estimate of drug-likeness (QED) is 0.0987. The summed E-state index contributed by atoms with van der Waals surface area (Å²) in [6, 6.07) is 17.2. The summed E-state index contributed by atoms with van der Waals surface area (Å²) < 4.78 is 12.1. The second-order valence-corrected chi connectivity index (χ2v) is 10.8. The van der Waals surface area contributed by atoms with E-state index in [0.717, 1.165) is 50.7 Å². The van der Waals surface area contributed by atoms with Gasteiger partial charge in [0, 0.05) is 35.5 Å². The van der Waals surface area contributed by atoms with E-state index in [4.69, 9.17) is 21.1 Å². The van der Waals surface area contributed by atoms with Gasteiger partial charge in [-0.1, -0.05) is 63.7 Å². The Kier molecular flexibility index (Phi) is 14.3. The van der Waals surface area contributed by atoms with E-state index < -0.39 is 0 Å². The summed E-state index contributed by atoms with van der Waals surface area (Å²) in [6.45, 7) is 13.5. The minimum Gasteiger partial charge on any atom is -0.519 e. The molecule has 0 aliphatic carbocycles. The van der Waals surface area contributed by atoms with Crippen LogP contribution in [0.2, 0.25) is 0 Å². The van der Waals surface area contributed by atoms with Crippen molar-refractivity contribution in [3.8, 4) is 11.5 Å². The number of ether oxygens (including phenoxy) is 2. The summed E-state index contributed by atoms with van der Waals surface area (Å²) in [4.78, 5) is 19.1. The van der Waals surface area contributed by atoms with Crippen molar-refractivity contribution >= 4 is 44.9 Å². The second kappa shape index (κ2) is 16.6. The molecule has 1 aliphatic heterocycles. The molecule has 1 unspecified atom stereocenters. The summed E-state index contributed by atoms with van der Waals surface area (Å²) in [5, 5.41) is 3.13. The van der Waals surface area contributed by atoms with Gasteiger partial charge in [-0.25, -0.2) is 0 Å². The topological polar surface area (TPSA) is 54.6 Å². The van der Waals surface area contributed by atoms with Gasteiger partial charge in [0.25, 0.3) is 5.91 Å². The largest absolute Gasteiger partial charge is 2.00 e. The van der Waals surface area contributed by atoms with Crippen molar-refractivity contribution in [1.82, 2.24) is 4.98 Å². The molecule has 0 fully saturated rings. The normalized spacial score (nSPS) is 13.7. The fraction of sp³-hybridized carbons (Fsp3) is 0.429. The average Bonchev–Trinajstić information content (AvgIpc) is 3.55. The van der Waals surface area contributed by atoms with Gasteiger partial charge < -0.3 is 26.8 Å². The molecule has 1 aromatic heterocycles. The third kappa shape index (κ3) is 7.68. The number of nitrogens with zero attached hydrogens (tertiary/aromatic N) is 1. The van der Waals surface area contributed by atoms with Gasteiger partial charge in [-0.3, -0.25) is 4.79 Å². The number of rotatable bonds is 10. The molecule has 0 saturated carbocycles. The van der Waals surface area contributed by atoms with Crippen LogP contribution < -0.4 is 14.4 Å². The molecule has 0 spiro atoms. The number of anilines is 1. The monoisotopic (exact) mass is 814 g/mol. The van der Waals surface area contributed by atoms with Crippen molar-refractivity contribution in [2.45, 2.75) is 79.2 Å². The SMILES string of the molecule is CC.CCCCCCOc1[c-]cc2[nH]c(C(=O)N3CC(CCl)c4c3cc(OC(C)C)c3cccc(C)c43)cc2c1.[CH3-].[U+2]. The Bertz CT molecular complexity index is 1470. The number of carbonyl (C=O) groups excluding carboxylic acids is 1. The Hall–Kier alpha value is -2.13. The first kappa shape index (κ1) is 36.1. The van der Waals surface area contributed by atoms with Crippen molar-refractivity contribution in [2.24, 2.45) is 0 Å². The van der Waals surface area contributed by atoms with E-state index in [1.54, 1.807) is 0 Å². The van der Waals surface area contributed by atoms with Crippen molar-refractivity contribution in [1.29, 1.82) is 0 Å². The standard InChI is InChI=1S/C32H36ClN2O3.C2H6.CH3.U/c1-5-6-7-8-14-37-24-12-13-26-22(15-24)16-27(34-26)32(36)35-19-23(18-33)31-28(35)17-29(38-20(2)3)25-11-9-10-21(4)30(25)31;1-2;;/h9-11,13,15-17,20,23,34H,5-8,14,18-19H2,1-4H3;1-2H3;1H3;/q-1;;-1;+2. The summed E-state index contributed by atoms with van der Waals surface area (Å²) in [5.41, 5.74) is 4.55. The van der Waals surface area contributed by atoms with Crippen LogP contribution in [-0.2, 0) is 0 Å². The van der Waals surface area contributed by atoms with Crippen LogP contribution in [0, 0.1) is 51.5 Å². The number of aromatic amines is 1. The zero-order chi connectivity index (χ0) is 28.8. The van der Waals surface area contributed by atoms with E-state index in [-0.39, 0.29) is 56.5 Å². The van der Waals surface area contributed by atoms with Gasteiger partial charge in [-0.2, -0.15) is 6.07 Å². The Morgan fingerprint density at radius 3 is 2.62 bits per heavy atom. The molecule has 0 radical (unpaired) electrons. The van der Waals surface area contributed by atoms with Crippen LogP contribution in [0.1, 0.15) is 87.8 Å². The van der Waals surface area contributed by atoms with Crippen molar-refractivity contribution in [3.63, 3.8) is 0 Å². The van der Waals surface area contributed by atoms with Crippen LogP contribution in [0.15, 0.2) is 42.5 Å². The number of H-pyrrole nitrogens is 1. The van der Waals surface area contributed by atoms with Gasteiger partial charge in [-0.05, 0) is 49.8 Å². The number of hydrogen-bond acceptors (Lipinski definition) is 3. The number of aromatic nitrogens is 1. The molecule has 4 aromatic rings. The number of hydrogen-bond donors (Lipinski definition) is 1. The first-order valence-electron chi connectivity index (χ1n) is 14.7. The molecule has 1 N–H and O–H groups in total. The number of benzene rings is 3. The number of fused-ring (bicyclic) bond motifs is 4. The zero-order valence-corrected chi connectivity index (χ0v) is 31.1. The molecule has 224 valence electrons. The molecule has 7 heteroatoms. The second-order valence-electron chi connectivity index (χ2n) is 10.5. The molecule has 5 rings (SSSR count). The average molecular weight is 815 g/mol. The van der Waals surface area contributed by atoms with Crippen LogP contribution in [-0.4, -0.2) is 36.0 Å². The van der Waals surface area contributed by atoms with E-state index in [0.29, 0.717) is 30.5 Å². The molecule has 5 nitrogen and oxygen atoms in total. The fourth-order valence-electron chi connectivity index (χ4n) is 5.46. The molecule has 0 saturated heterocycles. The first-order chi connectivity index (χ1) is 19.4. The summed E-state index contributed by atoms with van der Waals surface area (Å²) in [7, 11) is 0. The third-order valence-electron chi connectivity index (χ3n) is 7.26. The molecular formula is C35H45ClN2O3U. The zero-order valence-electron chi connectivity index (χ0n) is 26.2. The number of aryl methyl sites for hydroxylation is 1. The predicted octanol–water partition coefficient (Wildman–Crippen LogP) is 9.64. The van der Waals surface area contributed by atoms with E-state index in [1.807, 2.05) is 56.9 Å². The van der Waals surface area contributed by atoms with Crippen LogP contribution >= 0.6 is 11.6 Å². The summed E-state index contributed by atoms with van der Waals surface area (Å²) in [6.07, 6.45) is 4.64. The molecule has 3 aromatic carbocycles. The maximum atomic E-state index is 13.9. The maximum absolute atomic E-state index is 13.9. The number of halogens is 1. The molecule has 1 amide bonds. The van der Waals surface area contributed by atoms with E-state index in [1.165, 1.54) is 19.3 Å². The van der Waals surface area contributed by atoms with Crippen molar-refractivity contribution in [3.05, 3.63) is 72.8 Å². The minimum absolute atomic E-state index is 0. The summed E-state index contributed by atoms with van der Waals surface area (Å²) >= 11 is 6.48. The van der Waals surface area contributed by atoms with E-state index in [2.05, 4.69) is 43.1 Å². The van der Waals surface area contributed by atoms with Gasteiger partial charge >= 0.3 is 31.1 Å². The molecule has 1 atom stereocenters. The molecule has 2 heterocycles. The third-order valence-corrected chi connectivity index (χ3v) is 7.63. The number of amides is 1. The van der Waals surface area contributed by atoms with Gasteiger partial charge in [0.05, 0.1) is 24.1 Å². The van der Waals surface area contributed by atoms with Crippen molar-refractivity contribution in [2.75, 3.05) is 23.9 Å². The van der Waals surface area contributed by atoms with Crippen LogP contribution in [0.25, 0.3) is 21.7 Å². The van der Waals surface area contributed by atoms with E-state index >= 15 is 0 Å².